The van der Waals surface area contributed by atoms with Gasteiger partial charge in [-0.2, -0.15) is 5.26 Å². The first kappa shape index (κ1) is 14.2. The van der Waals surface area contributed by atoms with Crippen molar-refractivity contribution in [3.8, 4) is 6.07 Å². The average Bonchev–Trinajstić information content (AvgIpc) is 2.69. The lowest BCUT2D eigenvalue weighted by Crippen LogP contribution is -2.43. The van der Waals surface area contributed by atoms with E-state index in [1.807, 2.05) is 12.1 Å². The molecule has 0 amide bonds. The van der Waals surface area contributed by atoms with Gasteiger partial charge in [0.15, 0.2) is 0 Å². The van der Waals surface area contributed by atoms with Crippen LogP contribution in [0.4, 0.5) is 5.69 Å². The minimum atomic E-state index is -0.711. The summed E-state index contributed by atoms with van der Waals surface area (Å²) < 4.78 is 0. The van der Waals surface area contributed by atoms with Gasteiger partial charge in [0.25, 0.3) is 0 Å². The number of carbonyl (C=O) groups is 1. The highest BCUT2D eigenvalue weighted by atomic mass is 35.5. The second-order valence-electron chi connectivity index (χ2n) is 6.00. The number of carboxylic acids is 1. The number of anilines is 1. The quantitative estimate of drug-likeness (QED) is 0.929. The van der Waals surface area contributed by atoms with Gasteiger partial charge in [0.1, 0.15) is 6.07 Å². The first-order valence-corrected chi connectivity index (χ1v) is 7.66. The van der Waals surface area contributed by atoms with Crippen LogP contribution in [0, 0.1) is 17.2 Å². The first-order valence-electron chi connectivity index (χ1n) is 7.28. The monoisotopic (exact) mass is 304 g/mol. The van der Waals surface area contributed by atoms with Gasteiger partial charge in [0.2, 0.25) is 0 Å². The summed E-state index contributed by atoms with van der Waals surface area (Å²) in [5.41, 5.74) is 1.55. The largest absolute Gasteiger partial charge is 0.481 e. The van der Waals surface area contributed by atoms with Crippen LogP contribution in [0.2, 0.25) is 5.02 Å². The molecule has 2 bridgehead atoms. The predicted octanol–water partition coefficient (Wildman–Crippen LogP) is 3.43. The summed E-state index contributed by atoms with van der Waals surface area (Å²) in [5.74, 6) is -0.453. The van der Waals surface area contributed by atoms with Crippen LogP contribution in [-0.2, 0) is 4.79 Å². The predicted molar refractivity (Wildman–Crippen MR) is 80.4 cm³/mol. The molecule has 0 aliphatic carbocycles. The standard InChI is InChI=1S/C16H17ClN2O2/c17-12-1-4-15(11(8-12)9-18)19-13-2-3-14(19)6-10(5-13)7-16(20)21/h1,4,8,10,13-14H,2-3,5-7H2,(H,20,21). The number of nitrogens with zero attached hydrogens (tertiary/aromatic N) is 2. The van der Waals surface area contributed by atoms with E-state index in [4.69, 9.17) is 16.7 Å². The smallest absolute Gasteiger partial charge is 0.303 e. The van der Waals surface area contributed by atoms with Crippen LogP contribution >= 0.6 is 11.6 Å². The summed E-state index contributed by atoms with van der Waals surface area (Å²) in [6, 6.07) is 8.37. The van der Waals surface area contributed by atoms with Gasteiger partial charge in [-0.05, 0) is 49.8 Å². The van der Waals surface area contributed by atoms with E-state index in [9.17, 15) is 10.1 Å². The summed E-state index contributed by atoms with van der Waals surface area (Å²) in [4.78, 5) is 13.2. The fraction of sp³-hybridized carbons (Fsp3) is 0.500. The van der Waals surface area contributed by atoms with Crippen LogP contribution in [0.3, 0.4) is 0 Å². The van der Waals surface area contributed by atoms with Crippen molar-refractivity contribution in [3.63, 3.8) is 0 Å². The molecule has 2 saturated heterocycles. The molecule has 3 rings (SSSR count). The molecular formula is C16H17ClN2O2. The van der Waals surface area contributed by atoms with Crippen LogP contribution in [0.5, 0.6) is 0 Å². The SMILES string of the molecule is N#Cc1cc(Cl)ccc1N1C2CCC1CC(CC(=O)O)C2. The molecule has 0 radical (unpaired) electrons. The van der Waals surface area contributed by atoms with Gasteiger partial charge in [0.05, 0.1) is 11.3 Å². The summed E-state index contributed by atoms with van der Waals surface area (Å²) >= 11 is 5.97. The first-order chi connectivity index (χ1) is 10.1. The Labute approximate surface area is 128 Å². The lowest BCUT2D eigenvalue weighted by molar-refractivity contribution is -0.138. The molecule has 2 fully saturated rings. The molecule has 1 aromatic carbocycles. The van der Waals surface area contributed by atoms with E-state index in [1.54, 1.807) is 6.07 Å². The molecule has 2 heterocycles. The molecular weight excluding hydrogens is 288 g/mol. The molecule has 1 N–H and O–H groups in total. The minimum absolute atomic E-state index is 0.257. The van der Waals surface area contributed by atoms with Crippen molar-refractivity contribution in [1.82, 2.24) is 0 Å². The molecule has 1 aromatic rings. The highest BCUT2D eigenvalue weighted by molar-refractivity contribution is 6.30. The van der Waals surface area contributed by atoms with Gasteiger partial charge < -0.3 is 10.0 Å². The summed E-state index contributed by atoms with van der Waals surface area (Å²) in [7, 11) is 0. The second kappa shape index (κ2) is 5.57. The highest BCUT2D eigenvalue weighted by Gasteiger charge is 2.41. The summed E-state index contributed by atoms with van der Waals surface area (Å²) in [5, 5.41) is 18.9. The minimum Gasteiger partial charge on any atom is -0.481 e. The molecule has 110 valence electrons. The topological polar surface area (TPSA) is 64.3 Å². The Morgan fingerprint density at radius 1 is 1.38 bits per heavy atom. The molecule has 0 saturated carbocycles. The number of aliphatic carboxylic acids is 1. The number of halogens is 1. The van der Waals surface area contributed by atoms with Gasteiger partial charge in [-0.3, -0.25) is 4.79 Å². The van der Waals surface area contributed by atoms with Crippen molar-refractivity contribution in [2.75, 3.05) is 4.90 Å². The lowest BCUT2D eigenvalue weighted by Gasteiger charge is -2.40. The average molecular weight is 305 g/mol. The molecule has 2 aliphatic heterocycles. The molecule has 0 aromatic heterocycles. The van der Waals surface area contributed by atoms with Crippen molar-refractivity contribution < 1.29 is 9.90 Å². The lowest BCUT2D eigenvalue weighted by atomic mass is 9.87. The van der Waals surface area contributed by atoms with Crippen molar-refractivity contribution in [3.05, 3.63) is 28.8 Å². The van der Waals surface area contributed by atoms with Crippen molar-refractivity contribution in [2.24, 2.45) is 5.92 Å². The zero-order valence-corrected chi connectivity index (χ0v) is 12.4. The van der Waals surface area contributed by atoms with Crippen LogP contribution in [0.25, 0.3) is 0 Å². The maximum absolute atomic E-state index is 10.9. The van der Waals surface area contributed by atoms with E-state index < -0.39 is 5.97 Å². The maximum Gasteiger partial charge on any atom is 0.303 e. The molecule has 4 nitrogen and oxygen atoms in total. The zero-order valence-electron chi connectivity index (χ0n) is 11.6. The van der Waals surface area contributed by atoms with E-state index in [0.29, 0.717) is 22.7 Å². The van der Waals surface area contributed by atoms with Crippen molar-refractivity contribution >= 4 is 23.3 Å². The van der Waals surface area contributed by atoms with E-state index in [2.05, 4.69) is 11.0 Å². The van der Waals surface area contributed by atoms with Crippen LogP contribution in [-0.4, -0.2) is 23.2 Å². The Balaban J connectivity index is 1.86. The zero-order chi connectivity index (χ0) is 15.0. The number of piperidine rings is 1. The second-order valence-corrected chi connectivity index (χ2v) is 6.44. The van der Waals surface area contributed by atoms with Crippen LogP contribution in [0.1, 0.15) is 37.7 Å². The Kier molecular flexibility index (Phi) is 3.77. The fourth-order valence-electron chi connectivity index (χ4n) is 3.92. The van der Waals surface area contributed by atoms with E-state index in [-0.39, 0.29) is 12.3 Å². The van der Waals surface area contributed by atoms with Crippen LogP contribution < -0.4 is 4.90 Å². The Morgan fingerprint density at radius 3 is 2.62 bits per heavy atom. The normalized spacial score (nSPS) is 27.4. The van der Waals surface area contributed by atoms with Gasteiger partial charge in [-0.1, -0.05) is 11.6 Å². The number of benzene rings is 1. The van der Waals surface area contributed by atoms with E-state index in [0.717, 1.165) is 31.4 Å². The number of carboxylic acid groups (broad SMARTS) is 1. The van der Waals surface area contributed by atoms with Gasteiger partial charge in [-0.25, -0.2) is 0 Å². The fourth-order valence-corrected chi connectivity index (χ4v) is 4.09. The summed E-state index contributed by atoms with van der Waals surface area (Å²) in [6.07, 6.45) is 4.21. The molecule has 2 aliphatic rings. The molecule has 2 unspecified atom stereocenters. The number of hydrogen-bond donors (Lipinski definition) is 1. The molecule has 2 atom stereocenters. The Morgan fingerprint density at radius 2 is 2.05 bits per heavy atom. The van der Waals surface area contributed by atoms with Gasteiger partial charge in [0, 0.05) is 23.5 Å². The molecule has 21 heavy (non-hydrogen) atoms. The number of hydrogen-bond acceptors (Lipinski definition) is 3. The van der Waals surface area contributed by atoms with Gasteiger partial charge >= 0.3 is 5.97 Å². The summed E-state index contributed by atoms with van der Waals surface area (Å²) in [6.45, 7) is 0. The third-order valence-corrected chi connectivity index (χ3v) is 4.89. The van der Waals surface area contributed by atoms with E-state index >= 15 is 0 Å². The Bertz CT molecular complexity index is 597. The van der Waals surface area contributed by atoms with Crippen molar-refractivity contribution in [1.29, 1.82) is 5.26 Å². The van der Waals surface area contributed by atoms with Crippen LogP contribution in [0.15, 0.2) is 18.2 Å². The Hall–Kier alpha value is -1.73. The number of rotatable bonds is 3. The highest BCUT2D eigenvalue weighted by Crippen LogP contribution is 2.43. The number of nitriles is 1. The van der Waals surface area contributed by atoms with Gasteiger partial charge in [-0.15, -0.1) is 0 Å². The van der Waals surface area contributed by atoms with E-state index in [1.165, 1.54) is 0 Å². The number of fused-ring (bicyclic) bond motifs is 2. The maximum atomic E-state index is 10.9. The third-order valence-electron chi connectivity index (χ3n) is 4.65. The van der Waals surface area contributed by atoms with Crippen molar-refractivity contribution in [2.45, 2.75) is 44.2 Å². The third kappa shape index (κ3) is 2.71. The molecule has 5 heteroatoms. The molecule has 0 spiro atoms.